The number of allylic oxidation sites excluding steroid dienone is 4. The second-order valence-corrected chi connectivity index (χ2v) is 5.04. The van der Waals surface area contributed by atoms with Crippen molar-refractivity contribution in [3.8, 4) is 0 Å². The van der Waals surface area contributed by atoms with E-state index >= 15 is 0 Å². The summed E-state index contributed by atoms with van der Waals surface area (Å²) in [5, 5.41) is 7.44. The summed E-state index contributed by atoms with van der Waals surface area (Å²) in [4.78, 5) is 4.85. The SMILES string of the molecule is N=CC(=CN)C=C1C(c2ccccc2)=NC2C=CC=CC12. The van der Waals surface area contributed by atoms with Crippen LogP contribution in [0.25, 0.3) is 0 Å². The molecular weight excluding hydrogens is 258 g/mol. The highest BCUT2D eigenvalue weighted by atomic mass is 14.9. The van der Waals surface area contributed by atoms with Crippen molar-refractivity contribution in [3.63, 3.8) is 0 Å². The van der Waals surface area contributed by atoms with Gasteiger partial charge < -0.3 is 11.1 Å². The normalized spacial score (nSPS) is 25.8. The van der Waals surface area contributed by atoms with Crippen molar-refractivity contribution in [3.05, 3.63) is 83.6 Å². The smallest absolute Gasteiger partial charge is 0.0794 e. The molecule has 3 nitrogen and oxygen atoms in total. The molecule has 0 bridgehead atoms. The van der Waals surface area contributed by atoms with Crippen LogP contribution in [0.1, 0.15) is 5.56 Å². The standard InChI is InChI=1S/C18H17N3/c19-11-13(12-20)10-16-15-8-4-5-9-17(15)21-18(16)14-6-2-1-3-7-14/h1-12,15,17,19H,20H2. The van der Waals surface area contributed by atoms with E-state index in [1.165, 1.54) is 12.4 Å². The van der Waals surface area contributed by atoms with Gasteiger partial charge in [0.2, 0.25) is 0 Å². The molecule has 0 spiro atoms. The van der Waals surface area contributed by atoms with Gasteiger partial charge in [-0.1, -0.05) is 54.6 Å². The van der Waals surface area contributed by atoms with E-state index in [4.69, 9.17) is 16.1 Å². The maximum atomic E-state index is 7.44. The average molecular weight is 275 g/mol. The Morgan fingerprint density at radius 1 is 1.14 bits per heavy atom. The number of hydrogen-bond acceptors (Lipinski definition) is 3. The number of nitrogens with one attached hydrogen (secondary N) is 1. The van der Waals surface area contributed by atoms with Gasteiger partial charge in [-0.05, 0) is 17.2 Å². The molecule has 1 aliphatic heterocycles. The Kier molecular flexibility index (Phi) is 3.65. The molecule has 21 heavy (non-hydrogen) atoms. The number of nitrogens with zero attached hydrogens (tertiary/aromatic N) is 1. The Balaban J connectivity index is 2.09. The van der Waals surface area contributed by atoms with E-state index in [1.54, 1.807) is 0 Å². The molecule has 0 saturated carbocycles. The van der Waals surface area contributed by atoms with Crippen molar-refractivity contribution in [1.82, 2.24) is 0 Å². The first-order valence-corrected chi connectivity index (χ1v) is 6.96. The quantitative estimate of drug-likeness (QED) is 0.818. The Bertz CT molecular complexity index is 690. The van der Waals surface area contributed by atoms with Gasteiger partial charge in [-0.15, -0.1) is 0 Å². The predicted molar refractivity (Wildman–Crippen MR) is 87.7 cm³/mol. The van der Waals surface area contributed by atoms with Crippen molar-refractivity contribution in [1.29, 1.82) is 5.41 Å². The van der Waals surface area contributed by atoms with Crippen molar-refractivity contribution in [2.75, 3.05) is 0 Å². The first-order chi connectivity index (χ1) is 10.3. The van der Waals surface area contributed by atoms with Crippen LogP contribution in [0.3, 0.4) is 0 Å². The number of fused-ring (bicyclic) bond motifs is 1. The van der Waals surface area contributed by atoms with E-state index in [1.807, 2.05) is 30.4 Å². The summed E-state index contributed by atoms with van der Waals surface area (Å²) in [6, 6.07) is 10.3. The molecule has 0 fully saturated rings. The summed E-state index contributed by atoms with van der Waals surface area (Å²) in [5.74, 6) is 0.222. The van der Waals surface area contributed by atoms with Gasteiger partial charge >= 0.3 is 0 Å². The zero-order valence-electron chi connectivity index (χ0n) is 11.6. The summed E-state index contributed by atoms with van der Waals surface area (Å²) in [5.41, 5.74) is 9.48. The highest BCUT2D eigenvalue weighted by Crippen LogP contribution is 2.34. The van der Waals surface area contributed by atoms with Gasteiger partial charge in [0, 0.05) is 23.9 Å². The lowest BCUT2D eigenvalue weighted by molar-refractivity contribution is 0.705. The molecule has 0 aromatic heterocycles. The predicted octanol–water partition coefficient (Wildman–Crippen LogP) is 3.02. The van der Waals surface area contributed by atoms with Gasteiger partial charge in [0.25, 0.3) is 0 Å². The van der Waals surface area contributed by atoms with Crippen LogP contribution < -0.4 is 5.73 Å². The molecule has 3 N–H and O–H groups in total. The third-order valence-corrected chi connectivity index (χ3v) is 3.75. The lowest BCUT2D eigenvalue weighted by atomic mass is 9.86. The first kappa shape index (κ1) is 13.3. The third-order valence-electron chi connectivity index (χ3n) is 3.75. The van der Waals surface area contributed by atoms with Crippen LogP contribution >= 0.6 is 0 Å². The van der Waals surface area contributed by atoms with Crippen LogP contribution in [0.4, 0.5) is 0 Å². The second-order valence-electron chi connectivity index (χ2n) is 5.04. The van der Waals surface area contributed by atoms with Gasteiger partial charge in [-0.2, -0.15) is 0 Å². The fourth-order valence-electron chi connectivity index (χ4n) is 2.71. The van der Waals surface area contributed by atoms with Crippen LogP contribution in [-0.4, -0.2) is 18.0 Å². The number of rotatable bonds is 3. The van der Waals surface area contributed by atoms with E-state index in [-0.39, 0.29) is 12.0 Å². The van der Waals surface area contributed by atoms with Crippen LogP contribution in [0.5, 0.6) is 0 Å². The number of aliphatic imine (C=N–C) groups is 1. The van der Waals surface area contributed by atoms with Crippen molar-refractivity contribution < 1.29 is 0 Å². The molecule has 104 valence electrons. The Morgan fingerprint density at radius 3 is 2.62 bits per heavy atom. The van der Waals surface area contributed by atoms with Crippen molar-refractivity contribution in [2.45, 2.75) is 6.04 Å². The topological polar surface area (TPSA) is 62.2 Å². The zero-order chi connectivity index (χ0) is 14.7. The highest BCUT2D eigenvalue weighted by Gasteiger charge is 2.32. The molecule has 1 heterocycles. The maximum absolute atomic E-state index is 7.44. The lowest BCUT2D eigenvalue weighted by Gasteiger charge is -2.15. The first-order valence-electron chi connectivity index (χ1n) is 6.96. The number of benzene rings is 1. The molecule has 1 aliphatic carbocycles. The summed E-state index contributed by atoms with van der Waals surface area (Å²) in [6.45, 7) is 0. The summed E-state index contributed by atoms with van der Waals surface area (Å²) in [6.07, 6.45) is 13.1. The summed E-state index contributed by atoms with van der Waals surface area (Å²) >= 11 is 0. The summed E-state index contributed by atoms with van der Waals surface area (Å²) < 4.78 is 0. The van der Waals surface area contributed by atoms with E-state index in [0.29, 0.717) is 5.57 Å². The van der Waals surface area contributed by atoms with Gasteiger partial charge in [0.05, 0.1) is 11.8 Å². The van der Waals surface area contributed by atoms with Crippen molar-refractivity contribution >= 4 is 11.9 Å². The molecule has 1 aromatic rings. The minimum atomic E-state index is 0.140. The van der Waals surface area contributed by atoms with Gasteiger partial charge in [-0.25, -0.2) is 0 Å². The molecule has 3 rings (SSSR count). The van der Waals surface area contributed by atoms with E-state index in [0.717, 1.165) is 16.8 Å². The summed E-state index contributed by atoms with van der Waals surface area (Å²) in [7, 11) is 0. The molecule has 2 unspecified atom stereocenters. The number of nitrogens with two attached hydrogens (primary N) is 1. The fraction of sp³-hybridized carbons (Fsp3) is 0.111. The van der Waals surface area contributed by atoms with Gasteiger partial charge in [-0.3, -0.25) is 4.99 Å². The van der Waals surface area contributed by atoms with Gasteiger partial charge in [0.1, 0.15) is 0 Å². The van der Waals surface area contributed by atoms with Crippen LogP contribution in [0.15, 0.2) is 83.1 Å². The monoisotopic (exact) mass is 275 g/mol. The minimum Gasteiger partial charge on any atom is -0.404 e. The number of hydrogen-bond donors (Lipinski definition) is 2. The third kappa shape index (κ3) is 2.50. The van der Waals surface area contributed by atoms with Crippen molar-refractivity contribution in [2.24, 2.45) is 16.6 Å². The molecule has 0 amide bonds. The second kappa shape index (κ2) is 5.75. The lowest BCUT2D eigenvalue weighted by Crippen LogP contribution is -2.14. The zero-order valence-corrected chi connectivity index (χ0v) is 11.6. The molecule has 1 aromatic carbocycles. The Hall–Kier alpha value is -2.68. The molecule has 0 saturated heterocycles. The highest BCUT2D eigenvalue weighted by molar-refractivity contribution is 6.15. The minimum absolute atomic E-state index is 0.140. The molecule has 2 atom stereocenters. The van der Waals surface area contributed by atoms with Crippen LogP contribution in [-0.2, 0) is 0 Å². The van der Waals surface area contributed by atoms with Crippen LogP contribution in [0.2, 0.25) is 0 Å². The van der Waals surface area contributed by atoms with E-state index in [2.05, 4.69) is 30.4 Å². The molecule has 3 heteroatoms. The molecule has 0 radical (unpaired) electrons. The largest absolute Gasteiger partial charge is 0.404 e. The Labute approximate surface area is 124 Å². The maximum Gasteiger partial charge on any atom is 0.0794 e. The fourth-order valence-corrected chi connectivity index (χ4v) is 2.71. The molecule has 2 aliphatic rings. The van der Waals surface area contributed by atoms with Crippen LogP contribution in [0, 0.1) is 11.3 Å². The molecular formula is C18H17N3. The van der Waals surface area contributed by atoms with E-state index < -0.39 is 0 Å². The van der Waals surface area contributed by atoms with Gasteiger partial charge in [0.15, 0.2) is 0 Å². The van der Waals surface area contributed by atoms with E-state index in [9.17, 15) is 0 Å². The Morgan fingerprint density at radius 2 is 1.90 bits per heavy atom. The average Bonchev–Trinajstić information content (AvgIpc) is 2.92.